The third kappa shape index (κ3) is 3.72. The van der Waals surface area contributed by atoms with Gasteiger partial charge in [0.1, 0.15) is 0 Å². The molecular formula is C23H18BrN3. The molecule has 0 unspecified atom stereocenters. The van der Waals surface area contributed by atoms with E-state index in [0.717, 1.165) is 32.7 Å². The van der Waals surface area contributed by atoms with E-state index in [9.17, 15) is 5.26 Å². The topological polar surface area (TPSA) is 52.5 Å². The van der Waals surface area contributed by atoms with Crippen LogP contribution in [0.15, 0.2) is 53.0 Å². The van der Waals surface area contributed by atoms with E-state index in [2.05, 4.69) is 77.7 Å². The molecule has 0 spiro atoms. The summed E-state index contributed by atoms with van der Waals surface area (Å²) in [6.07, 6.45) is 1.91. The van der Waals surface area contributed by atoms with Gasteiger partial charge in [0.25, 0.3) is 0 Å². The largest absolute Gasteiger partial charge is 0.318 e. The minimum absolute atomic E-state index is 0.574. The monoisotopic (exact) mass is 415 g/mol. The van der Waals surface area contributed by atoms with Crippen LogP contribution >= 0.6 is 15.9 Å². The van der Waals surface area contributed by atoms with E-state index < -0.39 is 0 Å². The summed E-state index contributed by atoms with van der Waals surface area (Å²) in [5.41, 5.74) is 7.41. The van der Waals surface area contributed by atoms with E-state index >= 15 is 0 Å². The van der Waals surface area contributed by atoms with Crippen molar-refractivity contribution in [2.24, 2.45) is 0 Å². The number of rotatable bonds is 3. The summed E-state index contributed by atoms with van der Waals surface area (Å²) < 4.78 is 3.25. The molecule has 0 radical (unpaired) electrons. The first kappa shape index (κ1) is 18.7. The molecule has 132 valence electrons. The molecule has 0 amide bonds. The Balaban J connectivity index is 2.07. The van der Waals surface area contributed by atoms with Crippen LogP contribution in [0.1, 0.15) is 33.6 Å². The highest BCUT2D eigenvalue weighted by molar-refractivity contribution is 9.10. The number of nitrogens with zero attached hydrogens (tertiary/aromatic N) is 3. The Kier molecular flexibility index (Phi) is 5.31. The number of hydrogen-bond acceptors (Lipinski definition) is 2. The van der Waals surface area contributed by atoms with Crippen molar-refractivity contribution >= 4 is 27.6 Å². The van der Waals surface area contributed by atoms with Gasteiger partial charge in [0.05, 0.1) is 23.3 Å². The highest BCUT2D eigenvalue weighted by Crippen LogP contribution is 2.27. The number of benzene rings is 2. The lowest BCUT2D eigenvalue weighted by molar-refractivity contribution is 0.962. The van der Waals surface area contributed by atoms with Crippen LogP contribution in [0, 0.1) is 43.4 Å². The van der Waals surface area contributed by atoms with Gasteiger partial charge in [-0.3, -0.25) is 0 Å². The first-order valence-electron chi connectivity index (χ1n) is 8.52. The molecule has 27 heavy (non-hydrogen) atoms. The number of halogens is 1. The molecule has 0 saturated heterocycles. The van der Waals surface area contributed by atoms with Crippen molar-refractivity contribution in [3.05, 3.63) is 86.6 Å². The van der Waals surface area contributed by atoms with Gasteiger partial charge in [0, 0.05) is 21.5 Å². The summed E-state index contributed by atoms with van der Waals surface area (Å²) in [7, 11) is 0. The molecule has 0 bridgehead atoms. The lowest BCUT2D eigenvalue weighted by Crippen LogP contribution is -1.99. The average molecular weight is 416 g/mol. The first-order chi connectivity index (χ1) is 12.9. The molecule has 0 fully saturated rings. The van der Waals surface area contributed by atoms with Gasteiger partial charge < -0.3 is 4.57 Å². The van der Waals surface area contributed by atoms with E-state index in [4.69, 9.17) is 5.26 Å². The standard InChI is InChI=1S/C23H18BrN3/c1-15-4-9-22(12-23(15)24)27-16(2)10-20(17(27)3)11-21(14-26)19-7-5-18(13-25)6-8-19/h4-12H,1-3H3/b21-11-. The predicted molar refractivity (Wildman–Crippen MR) is 112 cm³/mol. The second-order valence-corrected chi connectivity index (χ2v) is 7.31. The number of aryl methyl sites for hydroxylation is 2. The van der Waals surface area contributed by atoms with Crippen molar-refractivity contribution in [3.63, 3.8) is 0 Å². The summed E-state index contributed by atoms with van der Waals surface area (Å²) in [6, 6.07) is 19.8. The van der Waals surface area contributed by atoms with Gasteiger partial charge in [-0.05, 0) is 73.9 Å². The maximum atomic E-state index is 9.62. The fourth-order valence-corrected chi connectivity index (χ4v) is 3.48. The van der Waals surface area contributed by atoms with Crippen LogP contribution in [0.2, 0.25) is 0 Å². The van der Waals surface area contributed by atoms with Crippen molar-refractivity contribution < 1.29 is 0 Å². The zero-order chi connectivity index (χ0) is 19.6. The third-order valence-electron chi connectivity index (χ3n) is 4.63. The molecule has 4 heteroatoms. The molecule has 3 nitrogen and oxygen atoms in total. The Morgan fingerprint density at radius 1 is 1.00 bits per heavy atom. The second-order valence-electron chi connectivity index (χ2n) is 6.45. The summed E-state index contributed by atoms with van der Waals surface area (Å²) in [5, 5.41) is 18.6. The Morgan fingerprint density at radius 3 is 2.30 bits per heavy atom. The Hall–Kier alpha value is -3.08. The molecule has 0 aliphatic rings. The van der Waals surface area contributed by atoms with Gasteiger partial charge in [-0.25, -0.2) is 0 Å². The molecular weight excluding hydrogens is 398 g/mol. The molecule has 2 aromatic carbocycles. The van der Waals surface area contributed by atoms with Crippen LogP contribution in [0.4, 0.5) is 0 Å². The van der Waals surface area contributed by atoms with Gasteiger partial charge in [0.15, 0.2) is 0 Å². The fraction of sp³-hybridized carbons (Fsp3) is 0.130. The summed E-state index contributed by atoms with van der Waals surface area (Å²) in [4.78, 5) is 0. The number of hydrogen-bond donors (Lipinski definition) is 0. The Labute approximate surface area is 167 Å². The Morgan fingerprint density at radius 2 is 1.70 bits per heavy atom. The summed E-state index contributed by atoms with van der Waals surface area (Å²) in [5.74, 6) is 0. The van der Waals surface area contributed by atoms with Crippen molar-refractivity contribution in [1.82, 2.24) is 4.57 Å². The SMILES string of the molecule is Cc1ccc(-n2c(C)cc(/C=C(/C#N)c3ccc(C#N)cc3)c2C)cc1Br. The van der Waals surface area contributed by atoms with E-state index in [0.29, 0.717) is 11.1 Å². The number of aromatic nitrogens is 1. The van der Waals surface area contributed by atoms with Crippen LogP contribution in [-0.4, -0.2) is 4.57 Å². The zero-order valence-electron chi connectivity index (χ0n) is 15.4. The zero-order valence-corrected chi connectivity index (χ0v) is 17.0. The smallest absolute Gasteiger partial charge is 0.0998 e. The molecule has 0 atom stereocenters. The molecule has 0 aliphatic carbocycles. The van der Waals surface area contributed by atoms with Crippen molar-refractivity contribution in [2.45, 2.75) is 20.8 Å². The van der Waals surface area contributed by atoms with Crippen molar-refractivity contribution in [3.8, 4) is 17.8 Å². The average Bonchev–Trinajstić information content (AvgIpc) is 2.95. The molecule has 3 aromatic rings. The van der Waals surface area contributed by atoms with Crippen molar-refractivity contribution in [1.29, 1.82) is 10.5 Å². The van der Waals surface area contributed by atoms with E-state index in [-0.39, 0.29) is 0 Å². The molecule has 1 heterocycles. The molecule has 1 aromatic heterocycles. The first-order valence-corrected chi connectivity index (χ1v) is 9.31. The normalized spacial score (nSPS) is 11.1. The molecule has 0 N–H and O–H groups in total. The van der Waals surface area contributed by atoms with Gasteiger partial charge in [-0.1, -0.05) is 34.1 Å². The van der Waals surface area contributed by atoms with Crippen LogP contribution in [0.3, 0.4) is 0 Å². The minimum atomic E-state index is 0.574. The third-order valence-corrected chi connectivity index (χ3v) is 5.48. The second kappa shape index (κ2) is 7.66. The maximum absolute atomic E-state index is 9.62. The minimum Gasteiger partial charge on any atom is -0.318 e. The van der Waals surface area contributed by atoms with Crippen LogP contribution < -0.4 is 0 Å². The number of allylic oxidation sites excluding steroid dienone is 1. The summed E-state index contributed by atoms with van der Waals surface area (Å²) in [6.45, 7) is 6.18. The van der Waals surface area contributed by atoms with Crippen LogP contribution in [0.25, 0.3) is 17.3 Å². The van der Waals surface area contributed by atoms with Gasteiger partial charge in [-0.15, -0.1) is 0 Å². The molecule has 0 saturated carbocycles. The lowest BCUT2D eigenvalue weighted by Gasteiger charge is -2.11. The quantitative estimate of drug-likeness (QED) is 0.485. The fourth-order valence-electron chi connectivity index (χ4n) is 3.11. The highest BCUT2D eigenvalue weighted by atomic mass is 79.9. The van der Waals surface area contributed by atoms with Gasteiger partial charge in [-0.2, -0.15) is 10.5 Å². The van der Waals surface area contributed by atoms with Crippen molar-refractivity contribution in [2.75, 3.05) is 0 Å². The maximum Gasteiger partial charge on any atom is 0.0998 e. The molecule has 0 aliphatic heterocycles. The van der Waals surface area contributed by atoms with E-state index in [1.54, 1.807) is 12.1 Å². The molecule has 3 rings (SSSR count). The lowest BCUT2D eigenvalue weighted by atomic mass is 10.0. The van der Waals surface area contributed by atoms with Crippen LogP contribution in [0.5, 0.6) is 0 Å². The Bertz CT molecular complexity index is 1120. The van der Waals surface area contributed by atoms with E-state index in [1.807, 2.05) is 18.2 Å². The number of nitriles is 2. The van der Waals surface area contributed by atoms with Gasteiger partial charge >= 0.3 is 0 Å². The van der Waals surface area contributed by atoms with Crippen LogP contribution in [-0.2, 0) is 0 Å². The summed E-state index contributed by atoms with van der Waals surface area (Å²) >= 11 is 3.60. The van der Waals surface area contributed by atoms with Gasteiger partial charge in [0.2, 0.25) is 0 Å². The highest BCUT2D eigenvalue weighted by Gasteiger charge is 2.12. The predicted octanol–water partition coefficient (Wildman–Crippen LogP) is 6.10. The van der Waals surface area contributed by atoms with E-state index in [1.165, 1.54) is 5.56 Å².